The van der Waals surface area contributed by atoms with Crippen molar-refractivity contribution >= 4 is 28.9 Å². The molecule has 0 radical (unpaired) electrons. The van der Waals surface area contributed by atoms with Crippen LogP contribution in [0.25, 0.3) is 0 Å². The molecule has 2 aromatic rings. The summed E-state index contributed by atoms with van der Waals surface area (Å²) in [5.74, 6) is 0.143. The molecule has 1 unspecified atom stereocenters. The molecule has 0 saturated carbocycles. The third kappa shape index (κ3) is 2.57. The van der Waals surface area contributed by atoms with Crippen molar-refractivity contribution in [3.8, 4) is 0 Å². The lowest BCUT2D eigenvalue weighted by Crippen LogP contribution is -2.33. The summed E-state index contributed by atoms with van der Waals surface area (Å²) in [6, 6.07) is 13.9. The van der Waals surface area contributed by atoms with Crippen LogP contribution in [0.1, 0.15) is 17.3 Å². The molecule has 1 N–H and O–H groups in total. The Morgan fingerprint density at radius 3 is 2.57 bits per heavy atom. The average Bonchev–Trinajstić information content (AvgIpc) is 2.50. The van der Waals surface area contributed by atoms with Crippen LogP contribution in [0.5, 0.6) is 0 Å². The van der Waals surface area contributed by atoms with Crippen LogP contribution in [-0.2, 0) is 0 Å². The first kappa shape index (κ1) is 14.2. The van der Waals surface area contributed by atoms with Crippen LogP contribution in [0, 0.1) is 0 Å². The van der Waals surface area contributed by atoms with Crippen LogP contribution >= 0.6 is 11.8 Å². The Morgan fingerprint density at radius 2 is 1.81 bits per heavy atom. The minimum Gasteiger partial charge on any atom is -0.353 e. The fourth-order valence-corrected chi connectivity index (χ4v) is 3.34. The van der Waals surface area contributed by atoms with E-state index in [1.165, 1.54) is 4.90 Å². The summed E-state index contributed by atoms with van der Waals surface area (Å²) in [5.41, 5.74) is 2.75. The third-order valence-electron chi connectivity index (χ3n) is 3.81. The highest BCUT2D eigenvalue weighted by atomic mass is 32.2. The number of hydrogen-bond acceptors (Lipinski definition) is 4. The maximum absolute atomic E-state index is 12.7. The van der Waals surface area contributed by atoms with Gasteiger partial charge in [0.1, 0.15) is 0 Å². The van der Waals surface area contributed by atoms with Crippen LogP contribution in [-0.4, -0.2) is 30.8 Å². The number of ketones is 1. The van der Waals surface area contributed by atoms with E-state index >= 15 is 0 Å². The van der Waals surface area contributed by atoms with Gasteiger partial charge in [0, 0.05) is 15.4 Å². The second kappa shape index (κ2) is 5.54. The molecule has 3 rings (SSSR count). The Labute approximate surface area is 129 Å². The minimum atomic E-state index is -0.138. The first-order valence-electron chi connectivity index (χ1n) is 6.95. The molecule has 1 aliphatic rings. The van der Waals surface area contributed by atoms with Gasteiger partial charge in [-0.25, -0.2) is 0 Å². The highest BCUT2D eigenvalue weighted by molar-refractivity contribution is 7.99. The molecule has 3 nitrogen and oxygen atoms in total. The van der Waals surface area contributed by atoms with Gasteiger partial charge in [-0.05, 0) is 45.3 Å². The zero-order valence-corrected chi connectivity index (χ0v) is 13.2. The molecule has 0 fully saturated rings. The topological polar surface area (TPSA) is 32.3 Å². The molecule has 108 valence electrons. The predicted octanol–water partition coefficient (Wildman–Crippen LogP) is 4.03. The van der Waals surface area contributed by atoms with E-state index in [2.05, 4.69) is 17.4 Å². The van der Waals surface area contributed by atoms with Crippen LogP contribution < -0.4 is 5.32 Å². The van der Waals surface area contributed by atoms with Crippen LogP contribution in [0.3, 0.4) is 0 Å². The summed E-state index contributed by atoms with van der Waals surface area (Å²) >= 11 is 1.71. The summed E-state index contributed by atoms with van der Waals surface area (Å²) in [6.45, 7) is 1.94. The molecule has 0 aromatic heterocycles. The Kier molecular flexibility index (Phi) is 3.74. The van der Waals surface area contributed by atoms with E-state index in [-0.39, 0.29) is 11.8 Å². The number of carbonyl (C=O) groups excluding carboxylic acids is 1. The van der Waals surface area contributed by atoms with Crippen LogP contribution in [0.15, 0.2) is 52.3 Å². The Bertz CT molecular complexity index is 697. The van der Waals surface area contributed by atoms with Gasteiger partial charge in [-0.2, -0.15) is 0 Å². The summed E-state index contributed by atoms with van der Waals surface area (Å²) in [6.07, 6.45) is 0. The monoisotopic (exact) mass is 298 g/mol. The molecule has 0 aliphatic carbocycles. The first-order valence-corrected chi connectivity index (χ1v) is 7.77. The van der Waals surface area contributed by atoms with Crippen molar-refractivity contribution in [3.05, 3.63) is 48.0 Å². The number of carbonyl (C=O) groups is 1. The van der Waals surface area contributed by atoms with Gasteiger partial charge in [0.25, 0.3) is 0 Å². The summed E-state index contributed by atoms with van der Waals surface area (Å²) in [4.78, 5) is 16.9. The van der Waals surface area contributed by atoms with Gasteiger partial charge >= 0.3 is 0 Å². The Balaban J connectivity index is 2.02. The van der Waals surface area contributed by atoms with Crippen LogP contribution in [0.2, 0.25) is 0 Å². The number of benzene rings is 2. The molecular formula is C17H18N2OS. The summed E-state index contributed by atoms with van der Waals surface area (Å²) in [5, 5.41) is 3.42. The van der Waals surface area contributed by atoms with Crippen molar-refractivity contribution in [2.24, 2.45) is 0 Å². The lowest BCUT2D eigenvalue weighted by atomic mass is 10.0. The minimum absolute atomic E-state index is 0.138. The SMILES string of the molecule is CC(C(=O)c1cccc2c1Nc1ccccc1S2)N(C)C. The number of fused-ring (bicyclic) bond motifs is 2. The highest BCUT2D eigenvalue weighted by Gasteiger charge is 2.24. The number of nitrogens with zero attached hydrogens (tertiary/aromatic N) is 1. The largest absolute Gasteiger partial charge is 0.353 e. The molecule has 0 saturated heterocycles. The molecule has 1 heterocycles. The fourth-order valence-electron chi connectivity index (χ4n) is 2.32. The Hall–Kier alpha value is -1.78. The number of nitrogens with one attached hydrogen (secondary N) is 1. The van der Waals surface area contributed by atoms with E-state index in [4.69, 9.17) is 0 Å². The Morgan fingerprint density at radius 1 is 1.10 bits per heavy atom. The van der Waals surface area contributed by atoms with Gasteiger partial charge in [-0.3, -0.25) is 9.69 Å². The molecule has 4 heteroatoms. The molecule has 1 atom stereocenters. The van der Waals surface area contributed by atoms with E-state index in [0.717, 1.165) is 21.8 Å². The molecule has 0 bridgehead atoms. The van der Waals surface area contributed by atoms with Crippen molar-refractivity contribution in [2.45, 2.75) is 22.8 Å². The number of hydrogen-bond donors (Lipinski definition) is 1. The number of rotatable bonds is 3. The fraction of sp³-hybridized carbons (Fsp3) is 0.235. The maximum atomic E-state index is 12.7. The van der Waals surface area contributed by atoms with Crippen molar-refractivity contribution in [3.63, 3.8) is 0 Å². The molecule has 1 aliphatic heterocycles. The van der Waals surface area contributed by atoms with E-state index in [9.17, 15) is 4.79 Å². The van der Waals surface area contributed by atoms with E-state index in [0.29, 0.717) is 0 Å². The third-order valence-corrected chi connectivity index (χ3v) is 4.95. The standard InChI is InChI=1S/C17H18N2OS/c1-11(19(2)3)17(20)12-7-6-10-15-16(12)18-13-8-4-5-9-14(13)21-15/h4-11,18H,1-3H3. The van der Waals surface area contributed by atoms with Gasteiger partial charge in [0.15, 0.2) is 5.78 Å². The lowest BCUT2D eigenvalue weighted by molar-refractivity contribution is 0.0891. The lowest BCUT2D eigenvalue weighted by Gasteiger charge is -2.25. The number of Topliss-reactive ketones (excluding diaryl/α,β-unsaturated/α-hetero) is 1. The van der Waals surface area contributed by atoms with Crippen LogP contribution in [0.4, 0.5) is 11.4 Å². The van der Waals surface area contributed by atoms with E-state index < -0.39 is 0 Å². The average molecular weight is 298 g/mol. The number of likely N-dealkylation sites (N-methyl/N-ethyl adjacent to an activating group) is 1. The second-order valence-electron chi connectivity index (χ2n) is 5.41. The smallest absolute Gasteiger partial charge is 0.181 e. The highest BCUT2D eigenvalue weighted by Crippen LogP contribution is 2.45. The van der Waals surface area contributed by atoms with Gasteiger partial charge in [0.05, 0.1) is 17.4 Å². The predicted molar refractivity (Wildman–Crippen MR) is 87.8 cm³/mol. The van der Waals surface area contributed by atoms with Gasteiger partial charge < -0.3 is 5.32 Å². The van der Waals surface area contributed by atoms with E-state index in [1.54, 1.807) is 11.8 Å². The molecule has 21 heavy (non-hydrogen) atoms. The maximum Gasteiger partial charge on any atom is 0.181 e. The van der Waals surface area contributed by atoms with Crippen molar-refractivity contribution in [2.75, 3.05) is 19.4 Å². The normalized spacial score (nSPS) is 14.1. The van der Waals surface area contributed by atoms with Crippen molar-refractivity contribution < 1.29 is 4.79 Å². The molecule has 0 amide bonds. The first-order chi connectivity index (χ1) is 10.1. The van der Waals surface area contributed by atoms with Crippen molar-refractivity contribution in [1.82, 2.24) is 4.90 Å². The quantitative estimate of drug-likeness (QED) is 0.740. The van der Waals surface area contributed by atoms with Gasteiger partial charge in [0.2, 0.25) is 0 Å². The van der Waals surface area contributed by atoms with Crippen molar-refractivity contribution in [1.29, 1.82) is 0 Å². The zero-order chi connectivity index (χ0) is 15.0. The number of anilines is 2. The molecule has 2 aromatic carbocycles. The second-order valence-corrected chi connectivity index (χ2v) is 6.49. The van der Waals surface area contributed by atoms with Gasteiger partial charge in [-0.15, -0.1) is 0 Å². The zero-order valence-electron chi connectivity index (χ0n) is 12.4. The number of para-hydroxylation sites is 2. The molecule has 0 spiro atoms. The van der Waals surface area contributed by atoms with E-state index in [1.807, 2.05) is 56.3 Å². The van der Waals surface area contributed by atoms with Gasteiger partial charge in [-0.1, -0.05) is 30.0 Å². The summed E-state index contributed by atoms with van der Waals surface area (Å²) in [7, 11) is 3.85. The summed E-state index contributed by atoms with van der Waals surface area (Å²) < 4.78 is 0. The molecular weight excluding hydrogens is 280 g/mol.